The van der Waals surface area contributed by atoms with Gasteiger partial charge in [-0.05, 0) is 31.0 Å². The van der Waals surface area contributed by atoms with Gasteiger partial charge in [0, 0.05) is 25.0 Å². The van der Waals surface area contributed by atoms with E-state index in [0.717, 1.165) is 36.3 Å². The Labute approximate surface area is 127 Å². The molecule has 7 heteroatoms. The van der Waals surface area contributed by atoms with Crippen LogP contribution in [-0.4, -0.2) is 32.8 Å². The van der Waals surface area contributed by atoms with Gasteiger partial charge >= 0.3 is 0 Å². The maximum absolute atomic E-state index is 5.32. The molecule has 5 nitrogen and oxygen atoms in total. The first-order valence-corrected chi connectivity index (χ1v) is 8.30. The zero-order valence-electron chi connectivity index (χ0n) is 11.8. The van der Waals surface area contributed by atoms with Crippen LogP contribution >= 0.6 is 23.6 Å². The van der Waals surface area contributed by atoms with Crippen molar-refractivity contribution in [2.75, 3.05) is 18.0 Å². The third-order valence-corrected chi connectivity index (χ3v) is 4.62. The lowest BCUT2D eigenvalue weighted by Crippen LogP contribution is -2.17. The lowest BCUT2D eigenvalue weighted by atomic mass is 10.2. The zero-order valence-corrected chi connectivity index (χ0v) is 13.4. The second-order valence-corrected chi connectivity index (χ2v) is 6.79. The maximum Gasteiger partial charge on any atom is 0.195 e. The summed E-state index contributed by atoms with van der Waals surface area (Å²) < 4.78 is 2.72. The molecular weight excluding hydrogens is 290 g/mol. The van der Waals surface area contributed by atoms with E-state index in [-0.39, 0.29) is 0 Å². The fraction of sp³-hybridized carbons (Fsp3) is 0.615. The summed E-state index contributed by atoms with van der Waals surface area (Å²) in [5, 5.41) is 10.4. The average molecular weight is 309 g/mol. The first kappa shape index (κ1) is 13.8. The van der Waals surface area contributed by atoms with E-state index >= 15 is 0 Å². The highest BCUT2D eigenvalue weighted by Gasteiger charge is 2.18. The van der Waals surface area contributed by atoms with Crippen LogP contribution in [0, 0.1) is 10.7 Å². The number of hydrogen-bond donors (Lipinski definition) is 1. The molecule has 1 saturated heterocycles. The Bertz CT molecular complexity index is 633. The van der Waals surface area contributed by atoms with Crippen molar-refractivity contribution in [1.29, 1.82) is 0 Å². The molecule has 1 fully saturated rings. The minimum Gasteiger partial charge on any atom is -0.348 e. The first-order chi connectivity index (χ1) is 9.65. The zero-order chi connectivity index (χ0) is 14.1. The Kier molecular flexibility index (Phi) is 3.89. The van der Waals surface area contributed by atoms with Gasteiger partial charge in [0.25, 0.3) is 0 Å². The molecule has 0 unspecified atom stereocenters. The van der Waals surface area contributed by atoms with E-state index in [2.05, 4.69) is 34.3 Å². The van der Waals surface area contributed by atoms with Crippen LogP contribution in [0.25, 0.3) is 11.5 Å². The van der Waals surface area contributed by atoms with Crippen molar-refractivity contribution in [3.63, 3.8) is 0 Å². The average Bonchev–Trinajstić information content (AvgIpc) is 3.10. The molecule has 0 amide bonds. The molecule has 1 aliphatic rings. The van der Waals surface area contributed by atoms with Gasteiger partial charge < -0.3 is 4.90 Å². The summed E-state index contributed by atoms with van der Waals surface area (Å²) >= 11 is 7.01. The second-order valence-electron chi connectivity index (χ2n) is 5.57. The SMILES string of the molecule is CC(C)Cn1c(-c2csc(N3CCCC3)n2)n[nH]c1=S. The van der Waals surface area contributed by atoms with Crippen molar-refractivity contribution >= 4 is 28.7 Å². The van der Waals surface area contributed by atoms with Crippen molar-refractivity contribution in [1.82, 2.24) is 19.7 Å². The predicted molar refractivity (Wildman–Crippen MR) is 84.8 cm³/mol. The molecule has 3 rings (SSSR count). The van der Waals surface area contributed by atoms with Crippen molar-refractivity contribution in [2.24, 2.45) is 5.92 Å². The van der Waals surface area contributed by atoms with Gasteiger partial charge in [-0.3, -0.25) is 9.67 Å². The molecule has 0 aromatic carbocycles. The van der Waals surface area contributed by atoms with Crippen molar-refractivity contribution in [3.8, 4) is 11.5 Å². The standard InChI is InChI=1S/C13H19N5S2/c1-9(2)7-18-11(15-16-12(18)19)10-8-20-13(14-10)17-5-3-4-6-17/h8-9H,3-7H2,1-2H3,(H,16,19). The molecule has 3 heterocycles. The summed E-state index contributed by atoms with van der Waals surface area (Å²) in [6.45, 7) is 7.45. The number of H-pyrrole nitrogens is 1. The Morgan fingerprint density at radius 2 is 2.15 bits per heavy atom. The van der Waals surface area contributed by atoms with Crippen molar-refractivity contribution < 1.29 is 0 Å². The molecule has 0 atom stereocenters. The van der Waals surface area contributed by atoms with Gasteiger partial charge in [0.2, 0.25) is 0 Å². The monoisotopic (exact) mass is 309 g/mol. The van der Waals surface area contributed by atoms with E-state index in [0.29, 0.717) is 10.7 Å². The molecule has 2 aromatic rings. The van der Waals surface area contributed by atoms with E-state index in [9.17, 15) is 0 Å². The van der Waals surface area contributed by atoms with Gasteiger partial charge in [-0.1, -0.05) is 13.8 Å². The highest BCUT2D eigenvalue weighted by atomic mass is 32.1. The molecule has 0 aliphatic carbocycles. The van der Waals surface area contributed by atoms with Crippen LogP contribution in [-0.2, 0) is 6.54 Å². The van der Waals surface area contributed by atoms with Crippen molar-refractivity contribution in [2.45, 2.75) is 33.2 Å². The number of aromatic nitrogens is 4. The van der Waals surface area contributed by atoms with Crippen LogP contribution in [0.4, 0.5) is 5.13 Å². The number of nitrogens with zero attached hydrogens (tertiary/aromatic N) is 4. The van der Waals surface area contributed by atoms with Crippen LogP contribution in [0.3, 0.4) is 0 Å². The molecule has 2 aromatic heterocycles. The number of hydrogen-bond acceptors (Lipinski definition) is 5. The molecule has 0 bridgehead atoms. The summed E-state index contributed by atoms with van der Waals surface area (Å²) in [6.07, 6.45) is 2.53. The van der Waals surface area contributed by atoms with Gasteiger partial charge in [0.05, 0.1) is 0 Å². The number of thiazole rings is 1. The topological polar surface area (TPSA) is 49.7 Å². The van der Waals surface area contributed by atoms with E-state index in [1.807, 2.05) is 4.57 Å². The highest BCUT2D eigenvalue weighted by molar-refractivity contribution is 7.71. The minimum atomic E-state index is 0.523. The van der Waals surface area contributed by atoms with Gasteiger partial charge in [0.1, 0.15) is 5.69 Å². The molecular formula is C13H19N5S2. The summed E-state index contributed by atoms with van der Waals surface area (Å²) in [5.74, 6) is 1.38. The normalized spacial score (nSPS) is 15.4. The Morgan fingerprint density at radius 1 is 1.40 bits per heavy atom. The first-order valence-electron chi connectivity index (χ1n) is 7.01. The Hall–Kier alpha value is -1.21. The smallest absolute Gasteiger partial charge is 0.195 e. The molecule has 0 spiro atoms. The van der Waals surface area contributed by atoms with Gasteiger partial charge in [0.15, 0.2) is 15.7 Å². The van der Waals surface area contributed by atoms with Crippen LogP contribution < -0.4 is 4.90 Å². The summed E-state index contributed by atoms with van der Waals surface area (Å²) in [7, 11) is 0. The number of nitrogens with one attached hydrogen (secondary N) is 1. The summed E-state index contributed by atoms with van der Waals surface area (Å²) in [5.41, 5.74) is 0.921. The minimum absolute atomic E-state index is 0.523. The van der Waals surface area contributed by atoms with Crippen LogP contribution in [0.2, 0.25) is 0 Å². The molecule has 0 radical (unpaired) electrons. The Balaban J connectivity index is 1.91. The predicted octanol–water partition coefficient (Wildman–Crippen LogP) is 3.32. The Morgan fingerprint density at radius 3 is 2.85 bits per heavy atom. The van der Waals surface area contributed by atoms with Gasteiger partial charge in [-0.2, -0.15) is 5.10 Å². The molecule has 1 aliphatic heterocycles. The van der Waals surface area contributed by atoms with E-state index in [4.69, 9.17) is 17.2 Å². The summed E-state index contributed by atoms with van der Waals surface area (Å²) in [6, 6.07) is 0. The van der Waals surface area contributed by atoms with E-state index in [1.54, 1.807) is 11.3 Å². The lowest BCUT2D eigenvalue weighted by Gasteiger charge is -2.12. The second kappa shape index (κ2) is 5.65. The number of rotatable bonds is 4. The number of aromatic amines is 1. The molecule has 0 saturated carbocycles. The molecule has 1 N–H and O–H groups in total. The van der Waals surface area contributed by atoms with Crippen LogP contribution in [0.15, 0.2) is 5.38 Å². The van der Waals surface area contributed by atoms with Crippen molar-refractivity contribution in [3.05, 3.63) is 10.2 Å². The fourth-order valence-corrected chi connectivity index (χ4v) is 3.53. The fourth-order valence-electron chi connectivity index (χ4n) is 2.47. The maximum atomic E-state index is 5.32. The lowest BCUT2D eigenvalue weighted by molar-refractivity contribution is 0.521. The quantitative estimate of drug-likeness (QED) is 0.880. The van der Waals surface area contributed by atoms with E-state index in [1.165, 1.54) is 12.8 Å². The van der Waals surface area contributed by atoms with E-state index < -0.39 is 0 Å². The van der Waals surface area contributed by atoms with Crippen LogP contribution in [0.1, 0.15) is 26.7 Å². The number of anilines is 1. The molecule has 108 valence electrons. The highest BCUT2D eigenvalue weighted by Crippen LogP contribution is 2.28. The van der Waals surface area contributed by atoms with Gasteiger partial charge in [-0.15, -0.1) is 11.3 Å². The molecule has 20 heavy (non-hydrogen) atoms. The van der Waals surface area contributed by atoms with Crippen LogP contribution in [0.5, 0.6) is 0 Å². The largest absolute Gasteiger partial charge is 0.348 e. The summed E-state index contributed by atoms with van der Waals surface area (Å²) in [4.78, 5) is 7.09. The third-order valence-electron chi connectivity index (χ3n) is 3.40. The third kappa shape index (κ3) is 2.64. The van der Waals surface area contributed by atoms with Gasteiger partial charge in [-0.25, -0.2) is 4.98 Å².